The van der Waals surface area contributed by atoms with Gasteiger partial charge in [0.25, 0.3) is 11.5 Å². The smallest absolute Gasteiger partial charge is 0.276 e. The van der Waals surface area contributed by atoms with Crippen molar-refractivity contribution in [2.24, 2.45) is 7.05 Å². The molecule has 1 atom stereocenters. The summed E-state index contributed by atoms with van der Waals surface area (Å²) >= 11 is 0. The maximum absolute atomic E-state index is 13.8. The number of amidine groups is 1. The third-order valence-electron chi connectivity index (χ3n) is 8.60. The Morgan fingerprint density at radius 2 is 2.07 bits per heavy atom. The average Bonchev–Trinajstić information content (AvgIpc) is 3.36. The van der Waals surface area contributed by atoms with Gasteiger partial charge < -0.3 is 24.9 Å². The van der Waals surface area contributed by atoms with Crippen LogP contribution in [0.1, 0.15) is 53.0 Å². The molecule has 0 bridgehead atoms. The van der Waals surface area contributed by atoms with Crippen LogP contribution in [0.15, 0.2) is 47.2 Å². The molecule has 1 saturated heterocycles. The lowest BCUT2D eigenvalue weighted by Crippen LogP contribution is -2.41. The van der Waals surface area contributed by atoms with Gasteiger partial charge in [-0.1, -0.05) is 6.92 Å². The van der Waals surface area contributed by atoms with Crippen molar-refractivity contribution >= 4 is 23.2 Å². The summed E-state index contributed by atoms with van der Waals surface area (Å²) in [6.07, 6.45) is 8.29. The Bertz CT molecular complexity index is 1650. The molecule has 0 aromatic carbocycles. The van der Waals surface area contributed by atoms with E-state index in [1.807, 2.05) is 13.1 Å². The number of nitrogens with one attached hydrogen (secondary N) is 3. The van der Waals surface area contributed by atoms with E-state index in [2.05, 4.69) is 32.0 Å². The first-order chi connectivity index (χ1) is 20.2. The molecule has 3 aromatic heterocycles. The molecule has 2 aliphatic heterocycles. The van der Waals surface area contributed by atoms with Crippen LogP contribution < -0.4 is 21.1 Å². The zero-order valence-electron chi connectivity index (χ0n) is 24.4. The number of aromatic nitrogens is 3. The molecule has 0 spiro atoms. The minimum Gasteiger partial charge on any atom is -0.392 e. The molecule has 1 aliphatic carbocycles. The number of piperazine rings is 1. The summed E-state index contributed by atoms with van der Waals surface area (Å²) in [7, 11) is 3.68. The first-order valence-corrected chi connectivity index (χ1v) is 14.6. The summed E-state index contributed by atoms with van der Waals surface area (Å²) in [5, 5.41) is 25.3. The van der Waals surface area contributed by atoms with Crippen LogP contribution in [0.3, 0.4) is 0 Å². The number of rotatable bonds is 5. The van der Waals surface area contributed by atoms with Crippen LogP contribution in [0.4, 0.5) is 11.5 Å². The summed E-state index contributed by atoms with van der Waals surface area (Å²) in [5.74, 6) is 0.834. The van der Waals surface area contributed by atoms with Crippen molar-refractivity contribution < 1.29 is 9.90 Å². The lowest BCUT2D eigenvalue weighted by Gasteiger charge is -2.31. The highest BCUT2D eigenvalue weighted by Crippen LogP contribution is 2.37. The lowest BCUT2D eigenvalue weighted by atomic mass is 9.89. The van der Waals surface area contributed by atoms with Gasteiger partial charge in [-0.3, -0.25) is 24.8 Å². The van der Waals surface area contributed by atoms with Gasteiger partial charge >= 0.3 is 0 Å². The number of aryl methyl sites for hydroxylation is 2. The number of amides is 1. The Labute approximate surface area is 245 Å². The number of aliphatic hydroxyl groups excluding tert-OH is 1. The van der Waals surface area contributed by atoms with Crippen molar-refractivity contribution in [1.29, 1.82) is 5.41 Å². The molecule has 11 nitrogen and oxygen atoms in total. The van der Waals surface area contributed by atoms with E-state index in [1.54, 1.807) is 42.6 Å². The van der Waals surface area contributed by atoms with Gasteiger partial charge in [-0.2, -0.15) is 0 Å². The second-order valence-corrected chi connectivity index (χ2v) is 11.6. The number of nitrogens with zero attached hydrogens (tertiary/aromatic N) is 5. The quantitative estimate of drug-likeness (QED) is 0.274. The van der Waals surface area contributed by atoms with Crippen LogP contribution in [0.25, 0.3) is 11.1 Å². The zero-order chi connectivity index (χ0) is 29.5. The zero-order valence-corrected chi connectivity index (χ0v) is 24.4. The number of hydrogen-bond donors (Lipinski definition) is 4. The highest BCUT2D eigenvalue weighted by atomic mass is 16.3. The van der Waals surface area contributed by atoms with Crippen LogP contribution in [0.2, 0.25) is 0 Å². The van der Waals surface area contributed by atoms with E-state index in [-0.39, 0.29) is 29.6 Å². The lowest BCUT2D eigenvalue weighted by molar-refractivity contribution is 0.0963. The summed E-state index contributed by atoms with van der Waals surface area (Å²) in [5.41, 5.74) is 5.95. The molecule has 5 heterocycles. The standard InChI is InChI=1S/C31H38N8O3/c1-19-5-4-6-20-14-26-31(42)39(12-11-38(26)28(19)20)29-24(18-40)23(7-8-34-29)21-13-25(30(41)37(3)16-21)35-27(32)15-22-17-36(2)10-9-33-22/h7-8,13-16,19,33,40H,4-6,9-12,17-18H2,1-3H3,(H2,32,35)/b22-15-/t19-/m0/s1. The van der Waals surface area contributed by atoms with Crippen LogP contribution in [-0.2, 0) is 26.6 Å². The molecule has 4 N–H and O–H groups in total. The van der Waals surface area contributed by atoms with Crippen molar-refractivity contribution in [3.05, 3.63) is 75.2 Å². The second-order valence-electron chi connectivity index (χ2n) is 11.6. The minimum atomic E-state index is -0.330. The average molecular weight is 571 g/mol. The number of aliphatic hydroxyl groups is 1. The summed E-state index contributed by atoms with van der Waals surface area (Å²) in [6, 6.07) is 5.51. The van der Waals surface area contributed by atoms with Gasteiger partial charge in [-0.05, 0) is 61.6 Å². The number of hydrogen-bond acceptors (Lipinski definition) is 7. The molecule has 0 unspecified atom stereocenters. The number of pyridine rings is 2. The molecule has 1 amide bonds. The summed E-state index contributed by atoms with van der Waals surface area (Å²) < 4.78 is 3.63. The highest BCUT2D eigenvalue weighted by molar-refractivity contribution is 6.06. The largest absolute Gasteiger partial charge is 0.392 e. The normalized spacial score (nSPS) is 19.8. The van der Waals surface area contributed by atoms with Crippen molar-refractivity contribution in [1.82, 2.24) is 24.3 Å². The minimum absolute atomic E-state index is 0.0961. The fourth-order valence-corrected chi connectivity index (χ4v) is 6.57. The van der Waals surface area contributed by atoms with E-state index >= 15 is 0 Å². The van der Waals surface area contributed by atoms with Gasteiger partial charge in [0.15, 0.2) is 0 Å². The predicted molar refractivity (Wildman–Crippen MR) is 163 cm³/mol. The monoisotopic (exact) mass is 570 g/mol. The third kappa shape index (κ3) is 5.03. The van der Waals surface area contributed by atoms with Gasteiger partial charge in [-0.25, -0.2) is 4.98 Å². The molecule has 3 aromatic rings. The maximum atomic E-state index is 13.8. The van der Waals surface area contributed by atoms with Crippen molar-refractivity contribution in [2.45, 2.75) is 45.3 Å². The van der Waals surface area contributed by atoms with Crippen molar-refractivity contribution in [2.75, 3.05) is 43.4 Å². The molecule has 11 heteroatoms. The number of likely N-dealkylation sites (N-methyl/N-ethyl adjacent to an activating group) is 1. The molecule has 3 aliphatic rings. The van der Waals surface area contributed by atoms with E-state index in [0.717, 1.165) is 38.0 Å². The van der Waals surface area contributed by atoms with Crippen molar-refractivity contribution in [3.63, 3.8) is 0 Å². The summed E-state index contributed by atoms with van der Waals surface area (Å²) in [6.45, 7) is 5.46. The van der Waals surface area contributed by atoms with Gasteiger partial charge in [0, 0.05) is 80.8 Å². The second kappa shape index (κ2) is 11.2. The molecule has 42 heavy (non-hydrogen) atoms. The molecule has 0 saturated carbocycles. The Balaban J connectivity index is 1.33. The highest BCUT2D eigenvalue weighted by Gasteiger charge is 2.34. The molecular weight excluding hydrogens is 532 g/mol. The van der Waals surface area contributed by atoms with Gasteiger partial charge in [-0.15, -0.1) is 0 Å². The SMILES string of the molecule is C[C@H]1CCCc2cc3n(c21)CCN(c1nccc(-c2cc(NC(=N)/C=C4/CN(C)CCN4)c(=O)n(C)c2)c1CO)C3=O. The van der Waals surface area contributed by atoms with Crippen LogP contribution >= 0.6 is 0 Å². The molecular formula is C31H38N8O3. The van der Waals surface area contributed by atoms with Gasteiger partial charge in [0.05, 0.1) is 6.61 Å². The summed E-state index contributed by atoms with van der Waals surface area (Å²) in [4.78, 5) is 35.2. The van der Waals surface area contributed by atoms with Crippen LogP contribution in [0.5, 0.6) is 0 Å². The van der Waals surface area contributed by atoms with Crippen LogP contribution in [0, 0.1) is 5.41 Å². The maximum Gasteiger partial charge on any atom is 0.276 e. The number of carbonyl (C=O) groups is 1. The van der Waals surface area contributed by atoms with E-state index in [1.165, 1.54) is 15.8 Å². The van der Waals surface area contributed by atoms with Gasteiger partial charge in [0.1, 0.15) is 23.0 Å². The van der Waals surface area contributed by atoms with E-state index in [4.69, 9.17) is 5.41 Å². The topological polar surface area (TPSA) is 132 Å². The first kappa shape index (κ1) is 27.9. The Kier molecular flexibility index (Phi) is 7.46. The Hall–Kier alpha value is -4.22. The molecule has 6 rings (SSSR count). The van der Waals surface area contributed by atoms with Gasteiger partial charge in [0.2, 0.25) is 0 Å². The third-order valence-corrected chi connectivity index (χ3v) is 8.60. The number of carbonyl (C=O) groups excluding carboxylic acids is 1. The van der Waals surface area contributed by atoms with E-state index in [0.29, 0.717) is 53.8 Å². The number of fused-ring (bicyclic) bond motifs is 3. The van der Waals surface area contributed by atoms with E-state index < -0.39 is 0 Å². The Morgan fingerprint density at radius 1 is 1.24 bits per heavy atom. The fourth-order valence-electron chi connectivity index (χ4n) is 6.57. The Morgan fingerprint density at radius 3 is 2.86 bits per heavy atom. The molecule has 0 radical (unpaired) electrons. The first-order valence-electron chi connectivity index (χ1n) is 14.6. The fraction of sp³-hybridized carbons (Fsp3) is 0.419. The molecule has 220 valence electrons. The number of anilines is 2. The molecule has 1 fully saturated rings. The van der Waals surface area contributed by atoms with Crippen molar-refractivity contribution in [3.8, 4) is 11.1 Å². The van der Waals surface area contributed by atoms with E-state index in [9.17, 15) is 14.7 Å². The van der Waals surface area contributed by atoms with Crippen LogP contribution in [-0.4, -0.2) is 69.1 Å². The predicted octanol–water partition coefficient (Wildman–Crippen LogP) is 2.65.